The van der Waals surface area contributed by atoms with E-state index in [1.165, 1.54) is 36.4 Å². The maximum absolute atomic E-state index is 14.9. The second-order valence-corrected chi connectivity index (χ2v) is 11.4. The van der Waals surface area contributed by atoms with Crippen LogP contribution in [0.3, 0.4) is 0 Å². The quantitative estimate of drug-likeness (QED) is 0.391. The Kier molecular flexibility index (Phi) is 6.78. The maximum Gasteiger partial charge on any atom is 0.188 e. The molecule has 8 heteroatoms. The Morgan fingerprint density at radius 3 is 2.29 bits per heavy atom. The second kappa shape index (κ2) is 9.47. The van der Waals surface area contributed by atoms with Crippen LogP contribution in [0.1, 0.15) is 48.0 Å². The number of hydrogen-bond acceptors (Lipinski definition) is 4. The lowest BCUT2D eigenvalue weighted by molar-refractivity contribution is 0.0942. The Morgan fingerprint density at radius 1 is 1.00 bits per heavy atom. The Balaban J connectivity index is 1.68. The van der Waals surface area contributed by atoms with Crippen LogP contribution < -0.4 is 0 Å². The molecule has 0 aromatic heterocycles. The van der Waals surface area contributed by atoms with Crippen LogP contribution >= 0.6 is 11.6 Å². The number of rotatable bonds is 6. The van der Waals surface area contributed by atoms with E-state index in [9.17, 15) is 27.1 Å². The topological polar surface area (TPSA) is 71.4 Å². The predicted octanol–water partition coefficient (Wildman–Crippen LogP) is 6.46. The van der Waals surface area contributed by atoms with Gasteiger partial charge in [0.25, 0.3) is 0 Å². The first-order valence-corrected chi connectivity index (χ1v) is 12.8. The van der Waals surface area contributed by atoms with Gasteiger partial charge in [-0.3, -0.25) is 4.79 Å². The van der Waals surface area contributed by atoms with Gasteiger partial charge in [0.1, 0.15) is 22.1 Å². The summed E-state index contributed by atoms with van der Waals surface area (Å²) >= 11 is 5.92. The number of carbonyl (C=O) groups excluding carboxylic acids is 1. The first kappa shape index (κ1) is 24.4. The molecule has 0 saturated heterocycles. The number of sulfone groups is 1. The van der Waals surface area contributed by atoms with Crippen molar-refractivity contribution in [3.63, 3.8) is 0 Å². The van der Waals surface area contributed by atoms with Gasteiger partial charge < -0.3 is 5.11 Å². The zero-order chi connectivity index (χ0) is 24.5. The van der Waals surface area contributed by atoms with Crippen LogP contribution in [0.25, 0.3) is 0 Å². The zero-order valence-electron chi connectivity index (χ0n) is 18.2. The molecule has 0 bridgehead atoms. The van der Waals surface area contributed by atoms with E-state index < -0.39 is 26.2 Å². The van der Waals surface area contributed by atoms with E-state index in [0.717, 1.165) is 18.2 Å². The molecule has 34 heavy (non-hydrogen) atoms. The van der Waals surface area contributed by atoms with Crippen molar-refractivity contribution in [2.24, 2.45) is 5.92 Å². The first-order valence-electron chi connectivity index (χ1n) is 10.9. The Labute approximate surface area is 202 Å². The lowest BCUT2D eigenvalue weighted by Crippen LogP contribution is -2.41. The number of Topliss-reactive ketones (excluding diaryl/α,β-unsaturated/α-hetero) is 1. The molecule has 178 valence electrons. The standard InChI is InChI=1S/C26H23ClF2O4S/c27-18-5-8-20(9-6-18)34(32,33)26(22-16-19(28)7-10-23(22)29)13-11-17(12-14-26)15-25(31)21-3-1-2-4-24(21)30/h1-10,16-17,30H,11-15H2. The molecule has 1 saturated carbocycles. The Bertz CT molecular complexity index is 1310. The number of carbonyl (C=O) groups is 1. The summed E-state index contributed by atoms with van der Waals surface area (Å²) in [4.78, 5) is 12.7. The molecule has 0 amide bonds. The molecule has 0 heterocycles. The van der Waals surface area contributed by atoms with E-state index in [1.807, 2.05) is 0 Å². The van der Waals surface area contributed by atoms with Crippen LogP contribution in [0.5, 0.6) is 5.75 Å². The van der Waals surface area contributed by atoms with Crippen LogP contribution in [-0.2, 0) is 14.6 Å². The fourth-order valence-corrected chi connectivity index (χ4v) is 7.09. The van der Waals surface area contributed by atoms with Gasteiger partial charge in [0.2, 0.25) is 0 Å². The van der Waals surface area contributed by atoms with Crippen LogP contribution in [0.2, 0.25) is 5.02 Å². The Hall–Kier alpha value is -2.77. The largest absolute Gasteiger partial charge is 0.507 e. The highest BCUT2D eigenvalue weighted by atomic mass is 35.5. The van der Waals surface area contributed by atoms with Gasteiger partial charge in [0, 0.05) is 17.0 Å². The number of ketones is 1. The monoisotopic (exact) mass is 504 g/mol. The van der Waals surface area contributed by atoms with Gasteiger partial charge in [-0.2, -0.15) is 0 Å². The second-order valence-electron chi connectivity index (χ2n) is 8.66. The smallest absolute Gasteiger partial charge is 0.188 e. The molecule has 1 fully saturated rings. The summed E-state index contributed by atoms with van der Waals surface area (Å²) in [7, 11) is -4.13. The van der Waals surface area contributed by atoms with Crippen molar-refractivity contribution in [2.75, 3.05) is 0 Å². The van der Waals surface area contributed by atoms with Crippen molar-refractivity contribution in [1.82, 2.24) is 0 Å². The van der Waals surface area contributed by atoms with Crippen molar-refractivity contribution in [3.8, 4) is 5.75 Å². The molecule has 0 unspecified atom stereocenters. The molecule has 3 aromatic carbocycles. The summed E-state index contributed by atoms with van der Waals surface area (Å²) in [5.74, 6) is -2.02. The van der Waals surface area contributed by atoms with Crippen molar-refractivity contribution < 1.29 is 27.1 Å². The summed E-state index contributed by atoms with van der Waals surface area (Å²) in [6, 6.07) is 14.7. The zero-order valence-corrected chi connectivity index (χ0v) is 19.8. The molecule has 0 atom stereocenters. The number of para-hydroxylation sites is 1. The Morgan fingerprint density at radius 2 is 1.65 bits per heavy atom. The highest BCUT2D eigenvalue weighted by molar-refractivity contribution is 7.92. The number of hydrogen-bond donors (Lipinski definition) is 1. The van der Waals surface area contributed by atoms with Gasteiger partial charge in [-0.1, -0.05) is 23.7 Å². The summed E-state index contributed by atoms with van der Waals surface area (Å²) < 4.78 is 55.1. The van der Waals surface area contributed by atoms with Crippen molar-refractivity contribution in [2.45, 2.75) is 41.7 Å². The van der Waals surface area contributed by atoms with E-state index >= 15 is 0 Å². The third-order valence-corrected chi connectivity index (χ3v) is 9.45. The van der Waals surface area contributed by atoms with E-state index in [0.29, 0.717) is 17.9 Å². The SMILES string of the molecule is O=C(CC1CCC(c2cc(F)ccc2F)(S(=O)(=O)c2ccc(Cl)cc2)CC1)c1ccccc1O. The van der Waals surface area contributed by atoms with E-state index in [2.05, 4.69) is 0 Å². The average Bonchev–Trinajstić information content (AvgIpc) is 2.81. The molecule has 1 aliphatic carbocycles. The summed E-state index contributed by atoms with van der Waals surface area (Å²) in [5, 5.41) is 10.3. The third-order valence-electron chi connectivity index (χ3n) is 6.65. The number of aromatic hydroxyl groups is 1. The van der Waals surface area contributed by atoms with Gasteiger partial charge in [0.15, 0.2) is 15.6 Å². The normalized spacial score (nSPS) is 20.7. The average molecular weight is 505 g/mol. The lowest BCUT2D eigenvalue weighted by atomic mass is 9.75. The van der Waals surface area contributed by atoms with Crippen LogP contribution in [-0.4, -0.2) is 19.3 Å². The predicted molar refractivity (Wildman–Crippen MR) is 126 cm³/mol. The van der Waals surface area contributed by atoms with Gasteiger partial charge >= 0.3 is 0 Å². The summed E-state index contributed by atoms with van der Waals surface area (Å²) in [6.07, 6.45) is 0.818. The van der Waals surface area contributed by atoms with E-state index in [4.69, 9.17) is 11.6 Å². The molecule has 0 spiro atoms. The molecule has 4 rings (SSSR count). The minimum Gasteiger partial charge on any atom is -0.507 e. The first-order chi connectivity index (χ1) is 16.1. The van der Waals surface area contributed by atoms with Crippen molar-refractivity contribution >= 4 is 27.2 Å². The molecule has 0 aliphatic heterocycles. The van der Waals surface area contributed by atoms with E-state index in [1.54, 1.807) is 12.1 Å². The molecule has 4 nitrogen and oxygen atoms in total. The van der Waals surface area contributed by atoms with Gasteiger partial charge in [-0.25, -0.2) is 17.2 Å². The number of halogens is 3. The minimum atomic E-state index is -4.13. The van der Waals surface area contributed by atoms with Crippen LogP contribution in [0, 0.1) is 17.6 Å². The van der Waals surface area contributed by atoms with Gasteiger partial charge in [0.05, 0.1) is 10.5 Å². The number of phenolic OH excluding ortho intramolecular Hbond substituents is 1. The van der Waals surface area contributed by atoms with Crippen LogP contribution in [0.4, 0.5) is 8.78 Å². The van der Waals surface area contributed by atoms with Gasteiger partial charge in [-0.15, -0.1) is 0 Å². The highest BCUT2D eigenvalue weighted by Crippen LogP contribution is 2.50. The molecule has 0 radical (unpaired) electrons. The molecule has 3 aromatic rings. The summed E-state index contributed by atoms with van der Waals surface area (Å²) in [6.45, 7) is 0. The molecule has 1 N–H and O–H groups in total. The molecular formula is C26H23ClF2O4S. The van der Waals surface area contributed by atoms with Crippen LogP contribution in [0.15, 0.2) is 71.6 Å². The fraction of sp³-hybridized carbons (Fsp3) is 0.269. The lowest BCUT2D eigenvalue weighted by Gasteiger charge is -2.40. The number of benzene rings is 3. The summed E-state index contributed by atoms with van der Waals surface area (Å²) in [5.41, 5.74) is 0.0113. The minimum absolute atomic E-state index is 0.0238. The maximum atomic E-state index is 14.9. The molecular weight excluding hydrogens is 482 g/mol. The highest BCUT2D eigenvalue weighted by Gasteiger charge is 2.50. The van der Waals surface area contributed by atoms with Gasteiger partial charge in [-0.05, 0) is 86.2 Å². The number of phenols is 1. The fourth-order valence-electron chi connectivity index (χ4n) is 4.80. The van der Waals surface area contributed by atoms with E-state index in [-0.39, 0.29) is 52.7 Å². The molecule has 1 aliphatic rings. The van der Waals surface area contributed by atoms with Crippen molar-refractivity contribution in [3.05, 3.63) is 94.5 Å². The van der Waals surface area contributed by atoms with Crippen molar-refractivity contribution in [1.29, 1.82) is 0 Å². The third kappa shape index (κ3) is 4.46.